The van der Waals surface area contributed by atoms with E-state index in [-0.39, 0.29) is 11.5 Å². The number of nitrogen functional groups attached to an aromatic ring is 1. The van der Waals surface area contributed by atoms with Crippen molar-refractivity contribution < 1.29 is 0 Å². The molecule has 0 fully saturated rings. The molecule has 0 bridgehead atoms. The molecule has 0 saturated carbocycles. The molecule has 144 valence electrons. The van der Waals surface area contributed by atoms with Gasteiger partial charge in [0.2, 0.25) is 5.95 Å². The number of hydrogen-bond acceptors (Lipinski definition) is 10. The molecule has 29 heavy (non-hydrogen) atoms. The number of rotatable bonds is 0. The van der Waals surface area contributed by atoms with E-state index in [4.69, 9.17) is 5.73 Å². The maximum atomic E-state index is 11.0. The summed E-state index contributed by atoms with van der Waals surface area (Å²) in [7, 11) is 0. The predicted octanol–water partition coefficient (Wildman–Crippen LogP) is -0.0658. The molecule has 6 aromatic rings. The van der Waals surface area contributed by atoms with Gasteiger partial charge in [-0.2, -0.15) is 4.98 Å². The Balaban J connectivity index is 0.000000107. The zero-order valence-corrected chi connectivity index (χ0v) is 14.6. The molecule has 6 heterocycles. The van der Waals surface area contributed by atoms with Gasteiger partial charge in [0, 0.05) is 0 Å². The van der Waals surface area contributed by atoms with Gasteiger partial charge in [0.25, 0.3) is 5.56 Å². The molecule has 14 heteroatoms. The van der Waals surface area contributed by atoms with Crippen LogP contribution in [0.15, 0.2) is 48.8 Å². The van der Waals surface area contributed by atoms with E-state index in [1.165, 1.54) is 19.0 Å². The molecular formula is C15H13N13O. The van der Waals surface area contributed by atoms with E-state index in [1.807, 2.05) is 0 Å². The number of nitrogens with one attached hydrogen (secondary N) is 4. The third kappa shape index (κ3) is 4.00. The molecule has 0 aliphatic carbocycles. The normalized spacial score (nSPS) is 10.3. The first-order valence-corrected chi connectivity index (χ1v) is 8.08. The lowest BCUT2D eigenvalue weighted by atomic mass is 10.5. The van der Waals surface area contributed by atoms with Gasteiger partial charge < -0.3 is 20.7 Å². The predicted molar refractivity (Wildman–Crippen MR) is 102 cm³/mol. The minimum Gasteiger partial charge on any atom is -0.369 e. The van der Waals surface area contributed by atoms with E-state index < -0.39 is 0 Å². The molecule has 0 aromatic carbocycles. The summed E-state index contributed by atoms with van der Waals surface area (Å²) in [4.78, 5) is 52.5. The Morgan fingerprint density at radius 2 is 1.28 bits per heavy atom. The lowest BCUT2D eigenvalue weighted by Gasteiger charge is -1.89. The minimum absolute atomic E-state index is 0.0783. The summed E-state index contributed by atoms with van der Waals surface area (Å²) in [6.45, 7) is 0. The van der Waals surface area contributed by atoms with E-state index >= 15 is 0 Å². The van der Waals surface area contributed by atoms with Crippen LogP contribution in [0.2, 0.25) is 0 Å². The Hall–Kier alpha value is -4.75. The lowest BCUT2D eigenvalue weighted by molar-refractivity contribution is 1.17. The maximum absolute atomic E-state index is 11.0. The summed E-state index contributed by atoms with van der Waals surface area (Å²) < 4.78 is 0. The average molecular weight is 391 g/mol. The molecule has 0 spiro atoms. The second-order valence-corrected chi connectivity index (χ2v) is 5.38. The second-order valence-electron chi connectivity index (χ2n) is 5.38. The first kappa shape index (κ1) is 17.7. The van der Waals surface area contributed by atoms with Crippen LogP contribution < -0.4 is 11.3 Å². The largest absolute Gasteiger partial charge is 0.369 e. The van der Waals surface area contributed by atoms with Crippen LogP contribution in [0.5, 0.6) is 0 Å². The van der Waals surface area contributed by atoms with Crippen LogP contribution in [0.3, 0.4) is 0 Å². The van der Waals surface area contributed by atoms with Gasteiger partial charge in [-0.3, -0.25) is 9.78 Å². The van der Waals surface area contributed by atoms with Crippen molar-refractivity contribution in [2.45, 2.75) is 0 Å². The Morgan fingerprint density at radius 3 is 1.86 bits per heavy atom. The summed E-state index contributed by atoms with van der Waals surface area (Å²) >= 11 is 0. The van der Waals surface area contributed by atoms with Crippen molar-refractivity contribution in [1.29, 1.82) is 0 Å². The van der Waals surface area contributed by atoms with Gasteiger partial charge >= 0.3 is 0 Å². The summed E-state index contributed by atoms with van der Waals surface area (Å²) in [6, 6.07) is 0. The van der Waals surface area contributed by atoms with Crippen LogP contribution in [-0.4, -0.2) is 59.8 Å². The lowest BCUT2D eigenvalue weighted by Crippen LogP contribution is -2.10. The quantitative estimate of drug-likeness (QED) is 0.233. The molecule has 0 atom stereocenters. The van der Waals surface area contributed by atoms with E-state index in [0.29, 0.717) is 22.5 Å². The van der Waals surface area contributed by atoms with Gasteiger partial charge in [0.1, 0.15) is 23.7 Å². The zero-order valence-electron chi connectivity index (χ0n) is 14.6. The van der Waals surface area contributed by atoms with Gasteiger partial charge in [0.15, 0.2) is 22.5 Å². The van der Waals surface area contributed by atoms with Crippen molar-refractivity contribution in [3.05, 3.63) is 54.4 Å². The highest BCUT2D eigenvalue weighted by Crippen LogP contribution is 2.00. The molecule has 0 unspecified atom stereocenters. The Kier molecular flexibility index (Phi) is 4.79. The minimum atomic E-state index is -0.301. The summed E-state index contributed by atoms with van der Waals surface area (Å²) in [5.41, 5.74) is 8.82. The van der Waals surface area contributed by atoms with Crippen molar-refractivity contribution in [3.63, 3.8) is 0 Å². The second kappa shape index (κ2) is 7.87. The monoisotopic (exact) mass is 391 g/mol. The summed E-state index contributed by atoms with van der Waals surface area (Å²) in [5.74, 6) is 0.0783. The fraction of sp³-hybridized carbons (Fsp3) is 0. The highest BCUT2D eigenvalue weighted by molar-refractivity contribution is 5.69. The standard InChI is InChI=1S/C5H5N5O.2C5H4N4/c6-5-9-3-2(4(11)10-5)7-1-8-3;2*1-4-5(8-2-6-1)9-3-7-4/h1H,(H4,6,7,8,9,10,11);2*1-3H,(H,6,7,8,9). The van der Waals surface area contributed by atoms with Gasteiger partial charge in [-0.05, 0) is 0 Å². The highest BCUT2D eigenvalue weighted by Gasteiger charge is 2.01. The zero-order chi connectivity index (χ0) is 20.1. The van der Waals surface area contributed by atoms with Crippen molar-refractivity contribution in [2.75, 3.05) is 5.73 Å². The molecule has 6 rings (SSSR count). The number of fused-ring (bicyclic) bond motifs is 3. The fourth-order valence-corrected chi connectivity index (χ4v) is 2.24. The Bertz CT molecular complexity index is 1290. The summed E-state index contributed by atoms with van der Waals surface area (Å²) in [6.07, 6.45) is 10.9. The molecule has 0 radical (unpaired) electrons. The van der Waals surface area contributed by atoms with Crippen LogP contribution in [0.4, 0.5) is 5.95 Å². The van der Waals surface area contributed by atoms with Crippen molar-refractivity contribution in [1.82, 2.24) is 59.8 Å². The first-order valence-electron chi connectivity index (χ1n) is 8.08. The number of aromatic nitrogens is 12. The summed E-state index contributed by atoms with van der Waals surface area (Å²) in [5, 5.41) is 0. The first-order chi connectivity index (χ1) is 14.2. The smallest absolute Gasteiger partial charge is 0.278 e. The van der Waals surface area contributed by atoms with Crippen molar-refractivity contribution >= 4 is 39.4 Å². The SMILES string of the molecule is Nc1nc2nc[nH]c2c(=O)[nH]1.c1ncc2[nH]cnc2n1.c1ncc2[nH]cnc2n1. The molecule has 14 nitrogen and oxygen atoms in total. The van der Waals surface area contributed by atoms with Gasteiger partial charge in [-0.1, -0.05) is 0 Å². The topological polar surface area (TPSA) is 209 Å². The molecule has 0 aliphatic heterocycles. The van der Waals surface area contributed by atoms with Gasteiger partial charge in [-0.25, -0.2) is 34.9 Å². The molecule has 6 aromatic heterocycles. The molecule has 0 amide bonds. The number of nitrogens with two attached hydrogens (primary N) is 1. The van der Waals surface area contributed by atoms with Gasteiger partial charge in [0.05, 0.1) is 31.4 Å². The number of hydrogen-bond donors (Lipinski definition) is 5. The number of aromatic amines is 4. The van der Waals surface area contributed by atoms with E-state index in [2.05, 4.69) is 59.8 Å². The maximum Gasteiger partial charge on any atom is 0.278 e. The van der Waals surface area contributed by atoms with Crippen LogP contribution in [0.1, 0.15) is 0 Å². The molecular weight excluding hydrogens is 378 g/mol. The fourth-order valence-electron chi connectivity index (χ4n) is 2.24. The van der Waals surface area contributed by atoms with E-state index in [9.17, 15) is 4.79 Å². The van der Waals surface area contributed by atoms with Gasteiger partial charge in [-0.15, -0.1) is 0 Å². The molecule has 0 aliphatic rings. The number of nitrogens with zero attached hydrogens (tertiary/aromatic N) is 8. The van der Waals surface area contributed by atoms with Crippen molar-refractivity contribution in [2.24, 2.45) is 0 Å². The van der Waals surface area contributed by atoms with Crippen molar-refractivity contribution in [3.8, 4) is 0 Å². The third-order valence-corrected chi connectivity index (χ3v) is 3.51. The number of imidazole rings is 3. The third-order valence-electron chi connectivity index (χ3n) is 3.51. The number of H-pyrrole nitrogens is 4. The Morgan fingerprint density at radius 1 is 0.724 bits per heavy atom. The van der Waals surface area contributed by atoms with E-state index in [0.717, 1.165) is 11.0 Å². The van der Waals surface area contributed by atoms with Crippen LogP contribution in [-0.2, 0) is 0 Å². The molecule has 6 N–H and O–H groups in total. The van der Waals surface area contributed by atoms with E-state index in [1.54, 1.807) is 25.0 Å². The van der Waals surface area contributed by atoms with Crippen LogP contribution >= 0.6 is 0 Å². The van der Waals surface area contributed by atoms with Crippen LogP contribution in [0.25, 0.3) is 33.5 Å². The number of anilines is 1. The average Bonchev–Trinajstić information content (AvgIpc) is 3.48. The Labute approximate surface area is 160 Å². The highest BCUT2D eigenvalue weighted by atomic mass is 16.1. The van der Waals surface area contributed by atoms with Crippen LogP contribution in [0, 0.1) is 0 Å². The molecule has 0 saturated heterocycles.